The highest BCUT2D eigenvalue weighted by atomic mass is 32.2. The molecule has 302 valence electrons. The second-order valence-corrected chi connectivity index (χ2v) is 17.5. The van der Waals surface area contributed by atoms with Crippen LogP contribution in [0.2, 0.25) is 0 Å². The number of ether oxygens (including phenoxy) is 3. The highest BCUT2D eigenvalue weighted by molar-refractivity contribution is 8.13. The maximum Gasteiger partial charge on any atom is 0.367 e. The molecule has 51 heavy (non-hydrogen) atoms. The number of thioether (sulfide) groups is 1. The number of esters is 2. The van der Waals surface area contributed by atoms with Gasteiger partial charge in [0.15, 0.2) is 0 Å². The molecular formula is C43H83NO6S. The van der Waals surface area contributed by atoms with Gasteiger partial charge in [-0.05, 0) is 118 Å². The first-order valence-electron chi connectivity index (χ1n) is 21.2. The lowest BCUT2D eigenvalue weighted by Gasteiger charge is -2.23. The summed E-state index contributed by atoms with van der Waals surface area (Å²) >= 11 is 1.28. The van der Waals surface area contributed by atoms with Gasteiger partial charge in [-0.15, -0.1) is 0 Å². The van der Waals surface area contributed by atoms with Crippen molar-refractivity contribution in [1.82, 2.24) is 4.90 Å². The number of carbonyl (C=O) groups is 3. The van der Waals surface area contributed by atoms with E-state index in [4.69, 9.17) is 14.2 Å². The summed E-state index contributed by atoms with van der Waals surface area (Å²) < 4.78 is 17.2. The van der Waals surface area contributed by atoms with E-state index in [2.05, 4.69) is 18.7 Å². The summed E-state index contributed by atoms with van der Waals surface area (Å²) in [4.78, 5) is 40.3. The molecule has 7 nitrogen and oxygen atoms in total. The SMILES string of the molecule is CCCCCCCCCOC(=O)C(C)(C)CCCCCC(CCCCCC(C)(C)C(=O)OCCCCCCCCC)OC(=O)SCCCN(C)C. The molecule has 0 saturated heterocycles. The third-order valence-electron chi connectivity index (χ3n) is 9.96. The fourth-order valence-electron chi connectivity index (χ4n) is 6.24. The van der Waals surface area contributed by atoms with Gasteiger partial charge in [-0.25, -0.2) is 4.79 Å². The highest BCUT2D eigenvalue weighted by Crippen LogP contribution is 2.28. The Kier molecular flexibility index (Phi) is 31.4. The van der Waals surface area contributed by atoms with E-state index < -0.39 is 10.8 Å². The lowest BCUT2D eigenvalue weighted by atomic mass is 9.86. The van der Waals surface area contributed by atoms with Crippen molar-refractivity contribution in [1.29, 1.82) is 0 Å². The van der Waals surface area contributed by atoms with Crippen molar-refractivity contribution >= 4 is 29.0 Å². The van der Waals surface area contributed by atoms with Crippen LogP contribution in [0.15, 0.2) is 0 Å². The van der Waals surface area contributed by atoms with Gasteiger partial charge >= 0.3 is 17.2 Å². The van der Waals surface area contributed by atoms with Crippen LogP contribution in [0, 0.1) is 10.8 Å². The van der Waals surface area contributed by atoms with E-state index >= 15 is 0 Å². The van der Waals surface area contributed by atoms with Crippen LogP contribution in [-0.4, -0.2) is 67.9 Å². The summed E-state index contributed by atoms with van der Waals surface area (Å²) in [6.45, 7) is 14.5. The minimum atomic E-state index is -0.482. The van der Waals surface area contributed by atoms with E-state index in [1.165, 1.54) is 76.0 Å². The first-order valence-corrected chi connectivity index (χ1v) is 22.2. The van der Waals surface area contributed by atoms with Gasteiger partial charge in [-0.1, -0.05) is 117 Å². The molecule has 8 heteroatoms. The fraction of sp³-hybridized carbons (Fsp3) is 0.930. The second-order valence-electron chi connectivity index (χ2n) is 16.5. The molecule has 0 saturated carbocycles. The molecule has 0 aromatic carbocycles. The molecule has 0 aromatic heterocycles. The Hall–Kier alpha value is -1.28. The summed E-state index contributed by atoms with van der Waals surface area (Å²) in [7, 11) is 4.09. The Morgan fingerprint density at radius 1 is 0.549 bits per heavy atom. The molecular weight excluding hydrogens is 659 g/mol. The van der Waals surface area contributed by atoms with E-state index in [1.807, 2.05) is 41.8 Å². The van der Waals surface area contributed by atoms with Gasteiger partial charge in [0, 0.05) is 5.75 Å². The number of hydrogen-bond donors (Lipinski definition) is 0. The first kappa shape index (κ1) is 49.7. The number of rotatable bonds is 35. The van der Waals surface area contributed by atoms with Gasteiger partial charge in [-0.3, -0.25) is 9.59 Å². The van der Waals surface area contributed by atoms with Crippen molar-refractivity contribution in [3.8, 4) is 0 Å². The normalized spacial score (nSPS) is 12.1. The van der Waals surface area contributed by atoms with E-state index in [0.29, 0.717) is 13.2 Å². The van der Waals surface area contributed by atoms with E-state index in [0.717, 1.165) is 109 Å². The van der Waals surface area contributed by atoms with E-state index in [-0.39, 0.29) is 23.3 Å². The molecule has 0 rings (SSSR count). The average molecular weight is 742 g/mol. The third kappa shape index (κ3) is 29.8. The van der Waals surface area contributed by atoms with E-state index in [9.17, 15) is 14.4 Å². The number of carbonyl (C=O) groups excluding carboxylic acids is 3. The average Bonchev–Trinajstić information content (AvgIpc) is 3.08. The van der Waals surface area contributed by atoms with Crippen molar-refractivity contribution in [3.05, 3.63) is 0 Å². The Balaban J connectivity index is 4.55. The lowest BCUT2D eigenvalue weighted by Crippen LogP contribution is -2.27. The highest BCUT2D eigenvalue weighted by Gasteiger charge is 2.29. The first-order chi connectivity index (χ1) is 24.4. The smallest absolute Gasteiger partial charge is 0.367 e. The minimum absolute atomic E-state index is 0.0869. The Bertz CT molecular complexity index is 807. The number of unbranched alkanes of at least 4 members (excludes halogenated alkanes) is 16. The van der Waals surface area contributed by atoms with Gasteiger partial charge in [0.1, 0.15) is 6.10 Å². The van der Waals surface area contributed by atoms with Gasteiger partial charge in [0.25, 0.3) is 0 Å². The van der Waals surface area contributed by atoms with Crippen LogP contribution in [-0.2, 0) is 23.8 Å². The Morgan fingerprint density at radius 3 is 1.35 bits per heavy atom. The van der Waals surface area contributed by atoms with Crippen molar-refractivity contribution in [2.75, 3.05) is 39.6 Å². The molecule has 0 fully saturated rings. The van der Waals surface area contributed by atoms with Crippen LogP contribution < -0.4 is 0 Å². The number of hydrogen-bond acceptors (Lipinski definition) is 8. The standard InChI is InChI=1S/C43H83NO6S/c1-9-11-13-15-17-19-27-35-48-39(45)42(3,4)32-25-21-23-30-38(50-41(47)51-37-29-34-44(7)8)31-24-22-26-33-43(5,6)40(46)49-36-28-20-18-16-14-12-10-2/h38H,9-37H2,1-8H3. The zero-order chi connectivity index (χ0) is 38.2. The predicted octanol–water partition coefficient (Wildman–Crippen LogP) is 12.7. The quantitative estimate of drug-likeness (QED) is 0.0361. The van der Waals surface area contributed by atoms with E-state index in [1.54, 1.807) is 0 Å². The van der Waals surface area contributed by atoms with Crippen LogP contribution in [0.3, 0.4) is 0 Å². The Labute approximate surface area is 320 Å². The third-order valence-corrected chi connectivity index (χ3v) is 10.8. The topological polar surface area (TPSA) is 82.1 Å². The maximum absolute atomic E-state index is 12.7. The summed E-state index contributed by atoms with van der Waals surface area (Å²) in [5.74, 6) is 0.588. The molecule has 0 radical (unpaired) electrons. The van der Waals surface area contributed by atoms with Crippen LogP contribution in [0.4, 0.5) is 4.79 Å². The fourth-order valence-corrected chi connectivity index (χ4v) is 6.89. The van der Waals surface area contributed by atoms with Crippen LogP contribution >= 0.6 is 11.8 Å². The lowest BCUT2D eigenvalue weighted by molar-refractivity contribution is -0.155. The summed E-state index contributed by atoms with van der Waals surface area (Å²) in [5.41, 5.74) is -0.964. The zero-order valence-electron chi connectivity index (χ0n) is 34.9. The molecule has 0 N–H and O–H groups in total. The summed E-state index contributed by atoms with van der Waals surface area (Å²) in [6.07, 6.45) is 26.8. The Morgan fingerprint density at radius 2 is 0.941 bits per heavy atom. The summed E-state index contributed by atoms with van der Waals surface area (Å²) in [5, 5.41) is -0.173. The van der Waals surface area contributed by atoms with Crippen molar-refractivity contribution < 1.29 is 28.6 Å². The molecule has 0 unspecified atom stereocenters. The molecule has 0 aliphatic heterocycles. The van der Waals surface area contributed by atoms with Crippen LogP contribution in [0.5, 0.6) is 0 Å². The molecule has 0 amide bonds. The molecule has 0 bridgehead atoms. The van der Waals surface area contributed by atoms with Crippen LogP contribution in [0.25, 0.3) is 0 Å². The molecule has 0 aliphatic carbocycles. The molecule has 0 aromatic rings. The molecule has 0 heterocycles. The predicted molar refractivity (Wildman–Crippen MR) is 218 cm³/mol. The van der Waals surface area contributed by atoms with Crippen molar-refractivity contribution in [2.45, 2.75) is 208 Å². The van der Waals surface area contributed by atoms with Gasteiger partial charge in [-0.2, -0.15) is 0 Å². The zero-order valence-corrected chi connectivity index (χ0v) is 35.7. The monoisotopic (exact) mass is 742 g/mol. The van der Waals surface area contributed by atoms with Crippen molar-refractivity contribution in [3.63, 3.8) is 0 Å². The molecule has 0 aliphatic rings. The molecule has 0 spiro atoms. The van der Waals surface area contributed by atoms with Gasteiger partial charge < -0.3 is 19.1 Å². The van der Waals surface area contributed by atoms with Gasteiger partial charge in [0.05, 0.1) is 24.0 Å². The second kappa shape index (κ2) is 32.2. The maximum atomic E-state index is 12.7. The largest absolute Gasteiger partial charge is 0.465 e. The van der Waals surface area contributed by atoms with Crippen molar-refractivity contribution in [2.24, 2.45) is 10.8 Å². The summed E-state index contributed by atoms with van der Waals surface area (Å²) in [6, 6.07) is 0. The van der Waals surface area contributed by atoms with Gasteiger partial charge in [0.2, 0.25) is 0 Å². The molecule has 0 atom stereocenters. The number of nitrogens with zero attached hydrogens (tertiary/aromatic N) is 1. The minimum Gasteiger partial charge on any atom is -0.465 e. The van der Waals surface area contributed by atoms with Crippen LogP contribution in [0.1, 0.15) is 202 Å².